The summed E-state index contributed by atoms with van der Waals surface area (Å²) in [6.45, 7) is 2.00. The monoisotopic (exact) mass is 587 g/mol. The van der Waals surface area contributed by atoms with Crippen molar-refractivity contribution in [3.05, 3.63) is 136 Å². The number of aryl methyl sites for hydroxylation is 1. The Labute approximate surface area is 247 Å². The third kappa shape index (κ3) is 7.04. The van der Waals surface area contributed by atoms with Gasteiger partial charge in [0.2, 0.25) is 0 Å². The number of hydrogen-bond acceptors (Lipinski definition) is 4. The molecule has 1 atom stereocenters. The lowest BCUT2D eigenvalue weighted by Gasteiger charge is -2.21. The van der Waals surface area contributed by atoms with Gasteiger partial charge in [-0.05, 0) is 48.4 Å². The van der Waals surface area contributed by atoms with Crippen LogP contribution in [0.4, 0.5) is 10.5 Å². The lowest BCUT2D eigenvalue weighted by Crippen LogP contribution is -2.35. The van der Waals surface area contributed by atoms with Gasteiger partial charge in [-0.3, -0.25) is 4.57 Å². The largest absolute Gasteiger partial charge is 0.327 e. The first kappa shape index (κ1) is 27.8. The fraction of sp³-hybridized carbons (Fsp3) is 0.129. The van der Waals surface area contributed by atoms with Crippen LogP contribution in [-0.2, 0) is 12.2 Å². The Hall–Kier alpha value is -3.78. The Bertz CT molecular complexity index is 1580. The molecule has 0 radical (unpaired) electrons. The Morgan fingerprint density at radius 1 is 0.875 bits per heavy atom. The van der Waals surface area contributed by atoms with E-state index in [2.05, 4.69) is 33.0 Å². The first-order valence-electron chi connectivity index (χ1n) is 12.7. The summed E-state index contributed by atoms with van der Waals surface area (Å²) in [5.74, 6) is 1.25. The predicted octanol–water partition coefficient (Wildman–Crippen LogP) is 8.28. The maximum absolute atomic E-state index is 13.2. The minimum Gasteiger partial charge on any atom is -0.327 e. The molecule has 5 aromatic rings. The lowest BCUT2D eigenvalue weighted by atomic mass is 10.1. The van der Waals surface area contributed by atoms with Gasteiger partial charge in [0.25, 0.3) is 0 Å². The lowest BCUT2D eigenvalue weighted by molar-refractivity contribution is 0.247. The van der Waals surface area contributed by atoms with E-state index in [-0.39, 0.29) is 6.03 Å². The van der Waals surface area contributed by atoms with Crippen LogP contribution in [0.2, 0.25) is 10.0 Å². The zero-order chi connectivity index (χ0) is 27.9. The van der Waals surface area contributed by atoms with Crippen LogP contribution in [0.25, 0.3) is 5.69 Å². The van der Waals surface area contributed by atoms with E-state index in [4.69, 9.17) is 23.2 Å². The molecule has 0 spiro atoms. The smallest absolute Gasteiger partial charge is 0.319 e. The van der Waals surface area contributed by atoms with E-state index in [0.717, 1.165) is 16.7 Å². The zero-order valence-electron chi connectivity index (χ0n) is 21.7. The van der Waals surface area contributed by atoms with Crippen molar-refractivity contribution in [2.24, 2.45) is 0 Å². The van der Waals surface area contributed by atoms with E-state index in [0.29, 0.717) is 44.6 Å². The average molecular weight is 589 g/mol. The van der Waals surface area contributed by atoms with Crippen LogP contribution in [0.3, 0.4) is 0 Å². The van der Waals surface area contributed by atoms with E-state index in [1.54, 1.807) is 23.9 Å². The molecule has 1 unspecified atom stereocenters. The second-order valence-electron chi connectivity index (χ2n) is 9.25. The molecule has 5 rings (SSSR count). The molecule has 202 valence electrons. The third-order valence-corrected chi connectivity index (χ3v) is 7.77. The van der Waals surface area contributed by atoms with Crippen molar-refractivity contribution in [2.45, 2.75) is 30.3 Å². The number of thioether (sulfide) groups is 1. The number of amides is 2. The first-order valence-corrected chi connectivity index (χ1v) is 14.5. The summed E-state index contributed by atoms with van der Waals surface area (Å²) < 4.78 is 1.91. The molecule has 0 saturated carbocycles. The van der Waals surface area contributed by atoms with Crippen molar-refractivity contribution in [3.8, 4) is 5.69 Å². The molecule has 2 N–H and O–H groups in total. The van der Waals surface area contributed by atoms with E-state index in [9.17, 15) is 4.79 Å². The number of aromatic nitrogens is 3. The van der Waals surface area contributed by atoms with Gasteiger partial charge in [0.1, 0.15) is 0 Å². The molecule has 9 heteroatoms. The average Bonchev–Trinajstić information content (AvgIpc) is 3.37. The van der Waals surface area contributed by atoms with E-state index < -0.39 is 6.04 Å². The molecular formula is C31H27Cl2N5OS. The van der Waals surface area contributed by atoms with Crippen molar-refractivity contribution in [1.29, 1.82) is 0 Å². The molecule has 1 aromatic heterocycles. The van der Waals surface area contributed by atoms with Crippen LogP contribution in [0, 0.1) is 6.92 Å². The number of benzene rings is 4. The van der Waals surface area contributed by atoms with Crippen LogP contribution in [-0.4, -0.2) is 20.8 Å². The molecule has 1 heterocycles. The number of carbonyl (C=O) groups excluding carboxylic acids is 1. The van der Waals surface area contributed by atoms with Crippen LogP contribution < -0.4 is 10.6 Å². The molecule has 0 saturated heterocycles. The van der Waals surface area contributed by atoms with Gasteiger partial charge in [-0.15, -0.1) is 10.2 Å². The van der Waals surface area contributed by atoms with Gasteiger partial charge in [0.15, 0.2) is 11.0 Å². The molecule has 0 aliphatic rings. The molecular weight excluding hydrogens is 561 g/mol. The number of rotatable bonds is 9. The van der Waals surface area contributed by atoms with Crippen LogP contribution in [0.5, 0.6) is 0 Å². The number of anilines is 1. The molecule has 6 nitrogen and oxygen atoms in total. The summed E-state index contributed by atoms with van der Waals surface area (Å²) in [5.41, 5.74) is 4.69. The normalized spacial score (nSPS) is 11.7. The van der Waals surface area contributed by atoms with Gasteiger partial charge in [0.05, 0.1) is 16.8 Å². The van der Waals surface area contributed by atoms with Crippen LogP contribution >= 0.6 is 35.0 Å². The molecule has 40 heavy (non-hydrogen) atoms. The fourth-order valence-electron chi connectivity index (χ4n) is 4.23. The maximum atomic E-state index is 13.2. The topological polar surface area (TPSA) is 71.8 Å². The Kier molecular flexibility index (Phi) is 9.06. The summed E-state index contributed by atoms with van der Waals surface area (Å²) in [7, 11) is 0. The number of nitrogens with zero attached hydrogens (tertiary/aromatic N) is 3. The zero-order valence-corrected chi connectivity index (χ0v) is 24.0. The third-order valence-electron chi connectivity index (χ3n) is 6.23. The van der Waals surface area contributed by atoms with Crippen molar-refractivity contribution in [3.63, 3.8) is 0 Å². The maximum Gasteiger partial charge on any atom is 0.319 e. The highest BCUT2D eigenvalue weighted by Gasteiger charge is 2.26. The van der Waals surface area contributed by atoms with Gasteiger partial charge in [0, 0.05) is 22.9 Å². The summed E-state index contributed by atoms with van der Waals surface area (Å²) in [6, 6.07) is 32.2. The summed E-state index contributed by atoms with van der Waals surface area (Å²) >= 11 is 14.5. The first-order chi connectivity index (χ1) is 19.5. The Balaban J connectivity index is 1.52. The fourth-order valence-corrected chi connectivity index (χ4v) is 5.63. The molecule has 4 aromatic carbocycles. The summed E-state index contributed by atoms with van der Waals surface area (Å²) in [6.07, 6.45) is 0.495. The van der Waals surface area contributed by atoms with Crippen molar-refractivity contribution in [1.82, 2.24) is 20.1 Å². The Morgan fingerprint density at radius 2 is 1.55 bits per heavy atom. The van der Waals surface area contributed by atoms with Crippen LogP contribution in [0.15, 0.2) is 108 Å². The molecule has 2 amide bonds. The van der Waals surface area contributed by atoms with Gasteiger partial charge in [-0.1, -0.05) is 113 Å². The number of carbonyl (C=O) groups is 1. The highest BCUT2D eigenvalue weighted by atomic mass is 35.5. The van der Waals surface area contributed by atoms with E-state index in [1.807, 2.05) is 90.4 Å². The van der Waals surface area contributed by atoms with Gasteiger partial charge in [-0.25, -0.2) is 4.79 Å². The van der Waals surface area contributed by atoms with E-state index >= 15 is 0 Å². The second-order valence-corrected chi connectivity index (χ2v) is 11.0. The Morgan fingerprint density at radius 3 is 2.23 bits per heavy atom. The minimum atomic E-state index is -0.516. The molecule has 0 aliphatic heterocycles. The standard InChI is InChI=1S/C31H27Cl2N5OS/c1-21-12-15-25(16-13-21)34-30(39)35-27(18-22-8-4-2-5-9-22)29-36-37-31(40-20-23-10-6-3-7-11-23)38(29)28-17-14-24(32)19-26(28)33/h2-17,19,27H,18,20H2,1H3,(H2,34,35,39). The quantitative estimate of drug-likeness (QED) is 0.170. The van der Waals surface area contributed by atoms with Gasteiger partial charge in [-0.2, -0.15) is 0 Å². The number of halogens is 2. The number of hydrogen-bond donors (Lipinski definition) is 2. The predicted molar refractivity (Wildman–Crippen MR) is 164 cm³/mol. The molecule has 0 bridgehead atoms. The molecule has 0 aliphatic carbocycles. The highest BCUT2D eigenvalue weighted by Crippen LogP contribution is 2.33. The summed E-state index contributed by atoms with van der Waals surface area (Å²) in [5, 5.41) is 16.8. The number of urea groups is 1. The van der Waals surface area contributed by atoms with E-state index in [1.165, 1.54) is 0 Å². The van der Waals surface area contributed by atoms with Crippen molar-refractivity contribution in [2.75, 3.05) is 5.32 Å². The second kappa shape index (κ2) is 13.0. The van der Waals surface area contributed by atoms with Crippen LogP contribution in [0.1, 0.15) is 28.6 Å². The number of nitrogens with one attached hydrogen (secondary N) is 2. The SMILES string of the molecule is Cc1ccc(NC(=O)NC(Cc2ccccc2)c2nnc(SCc3ccccc3)n2-c2ccc(Cl)cc2Cl)cc1. The highest BCUT2D eigenvalue weighted by molar-refractivity contribution is 7.98. The summed E-state index contributed by atoms with van der Waals surface area (Å²) in [4.78, 5) is 13.2. The van der Waals surface area contributed by atoms with Gasteiger partial charge < -0.3 is 10.6 Å². The minimum absolute atomic E-state index is 0.347. The van der Waals surface area contributed by atoms with Gasteiger partial charge >= 0.3 is 6.03 Å². The van der Waals surface area contributed by atoms with Crippen molar-refractivity contribution >= 4 is 46.7 Å². The van der Waals surface area contributed by atoms with Crippen molar-refractivity contribution < 1.29 is 4.79 Å². The molecule has 0 fully saturated rings.